The summed E-state index contributed by atoms with van der Waals surface area (Å²) in [5.74, 6) is 0.233. The van der Waals surface area contributed by atoms with Gasteiger partial charge in [-0.15, -0.1) is 0 Å². The molecular weight excluding hydrogens is 290 g/mol. The maximum atomic E-state index is 11.8. The summed E-state index contributed by atoms with van der Waals surface area (Å²) >= 11 is 0. The Morgan fingerprint density at radius 3 is 2.30 bits per heavy atom. The van der Waals surface area contributed by atoms with Gasteiger partial charge in [0.2, 0.25) is 11.8 Å². The summed E-state index contributed by atoms with van der Waals surface area (Å²) in [7, 11) is 1.90. The van der Waals surface area contributed by atoms with Crippen LogP contribution in [-0.2, 0) is 16.1 Å². The fourth-order valence-corrected chi connectivity index (χ4v) is 2.18. The molecule has 0 saturated carbocycles. The molecule has 2 amide bonds. The Kier molecular flexibility index (Phi) is 8.33. The number of carbonyl (C=O) groups is 2. The van der Waals surface area contributed by atoms with E-state index in [0.717, 1.165) is 6.42 Å². The highest BCUT2D eigenvalue weighted by atomic mass is 16.2. The van der Waals surface area contributed by atoms with Crippen molar-refractivity contribution >= 4 is 11.8 Å². The van der Waals surface area contributed by atoms with E-state index in [9.17, 15) is 9.59 Å². The first-order valence-electron chi connectivity index (χ1n) is 8.23. The number of rotatable bonds is 9. The standard InChI is InChI=1S/C18H29N3O2/c1-5-10-19-17(22)11-20-18(23)13-21(4)12-15-6-8-16(9-7-15)14(2)3/h6-9,14H,5,10-13H2,1-4H3,(H,19,22)(H,20,23). The van der Waals surface area contributed by atoms with Crippen molar-refractivity contribution in [1.29, 1.82) is 0 Å². The van der Waals surface area contributed by atoms with Crippen molar-refractivity contribution < 1.29 is 9.59 Å². The van der Waals surface area contributed by atoms with Crippen molar-refractivity contribution in [3.8, 4) is 0 Å². The zero-order valence-corrected chi connectivity index (χ0v) is 14.7. The van der Waals surface area contributed by atoms with Crippen molar-refractivity contribution in [1.82, 2.24) is 15.5 Å². The van der Waals surface area contributed by atoms with Gasteiger partial charge in [0.15, 0.2) is 0 Å². The van der Waals surface area contributed by atoms with Crippen LogP contribution in [0.2, 0.25) is 0 Å². The molecule has 0 aromatic heterocycles. The molecule has 0 spiro atoms. The van der Waals surface area contributed by atoms with Crippen LogP contribution in [0.5, 0.6) is 0 Å². The van der Waals surface area contributed by atoms with E-state index in [-0.39, 0.29) is 24.9 Å². The molecule has 0 radical (unpaired) electrons. The van der Waals surface area contributed by atoms with E-state index in [1.807, 2.05) is 18.9 Å². The number of carbonyl (C=O) groups excluding carboxylic acids is 2. The third-order valence-electron chi connectivity index (χ3n) is 3.53. The van der Waals surface area contributed by atoms with Gasteiger partial charge in [0.05, 0.1) is 13.1 Å². The van der Waals surface area contributed by atoms with Gasteiger partial charge in [-0.2, -0.15) is 0 Å². The SMILES string of the molecule is CCCNC(=O)CNC(=O)CN(C)Cc1ccc(C(C)C)cc1. The van der Waals surface area contributed by atoms with Gasteiger partial charge >= 0.3 is 0 Å². The maximum Gasteiger partial charge on any atom is 0.239 e. The molecule has 0 saturated heterocycles. The smallest absolute Gasteiger partial charge is 0.239 e. The minimum Gasteiger partial charge on any atom is -0.355 e. The summed E-state index contributed by atoms with van der Waals surface area (Å²) in [6.07, 6.45) is 0.887. The number of nitrogens with one attached hydrogen (secondary N) is 2. The van der Waals surface area contributed by atoms with Crippen LogP contribution in [-0.4, -0.2) is 43.4 Å². The van der Waals surface area contributed by atoms with E-state index < -0.39 is 0 Å². The van der Waals surface area contributed by atoms with Crippen LogP contribution in [0, 0.1) is 0 Å². The minimum absolute atomic E-state index is 0.0375. The number of likely N-dealkylation sites (N-methyl/N-ethyl adjacent to an activating group) is 1. The molecule has 1 rings (SSSR count). The van der Waals surface area contributed by atoms with Crippen LogP contribution in [0.15, 0.2) is 24.3 Å². The molecule has 128 valence electrons. The van der Waals surface area contributed by atoms with E-state index in [1.165, 1.54) is 11.1 Å². The Balaban J connectivity index is 2.33. The van der Waals surface area contributed by atoms with E-state index in [4.69, 9.17) is 0 Å². The van der Waals surface area contributed by atoms with Crippen LogP contribution in [0.3, 0.4) is 0 Å². The Labute approximate surface area is 139 Å². The Morgan fingerprint density at radius 1 is 1.09 bits per heavy atom. The Bertz CT molecular complexity index is 497. The highest BCUT2D eigenvalue weighted by Crippen LogP contribution is 2.15. The highest BCUT2D eigenvalue weighted by molar-refractivity contribution is 5.85. The molecule has 5 nitrogen and oxygen atoms in total. The number of hydrogen-bond acceptors (Lipinski definition) is 3. The van der Waals surface area contributed by atoms with E-state index in [2.05, 4.69) is 48.7 Å². The van der Waals surface area contributed by atoms with E-state index >= 15 is 0 Å². The fraction of sp³-hybridized carbons (Fsp3) is 0.556. The van der Waals surface area contributed by atoms with Crippen LogP contribution in [0.4, 0.5) is 0 Å². The summed E-state index contributed by atoms with van der Waals surface area (Å²) in [6, 6.07) is 8.46. The normalized spacial score (nSPS) is 10.9. The first kappa shape index (κ1) is 19.2. The topological polar surface area (TPSA) is 61.4 Å². The lowest BCUT2D eigenvalue weighted by Gasteiger charge is -2.17. The Hall–Kier alpha value is -1.88. The number of hydrogen-bond donors (Lipinski definition) is 2. The predicted molar refractivity (Wildman–Crippen MR) is 93.2 cm³/mol. The summed E-state index contributed by atoms with van der Waals surface area (Å²) in [5.41, 5.74) is 2.48. The Morgan fingerprint density at radius 2 is 1.74 bits per heavy atom. The highest BCUT2D eigenvalue weighted by Gasteiger charge is 2.09. The van der Waals surface area contributed by atoms with Gasteiger partial charge in [-0.25, -0.2) is 0 Å². The van der Waals surface area contributed by atoms with Crippen molar-refractivity contribution in [2.75, 3.05) is 26.7 Å². The summed E-state index contributed by atoms with van der Waals surface area (Å²) in [5, 5.41) is 5.37. The lowest BCUT2D eigenvalue weighted by molar-refractivity contribution is -0.126. The van der Waals surface area contributed by atoms with Gasteiger partial charge in [-0.05, 0) is 30.5 Å². The zero-order chi connectivity index (χ0) is 17.2. The van der Waals surface area contributed by atoms with Crippen LogP contribution < -0.4 is 10.6 Å². The molecule has 0 fully saturated rings. The van der Waals surface area contributed by atoms with Crippen LogP contribution >= 0.6 is 0 Å². The van der Waals surface area contributed by atoms with Gasteiger partial charge in [0, 0.05) is 13.1 Å². The van der Waals surface area contributed by atoms with Crippen LogP contribution in [0.25, 0.3) is 0 Å². The van der Waals surface area contributed by atoms with Crippen molar-refractivity contribution in [3.63, 3.8) is 0 Å². The molecule has 0 heterocycles. The fourth-order valence-electron chi connectivity index (χ4n) is 2.18. The predicted octanol–water partition coefficient (Wildman–Crippen LogP) is 1.88. The second-order valence-electron chi connectivity index (χ2n) is 6.20. The van der Waals surface area contributed by atoms with Gasteiger partial charge in [-0.3, -0.25) is 14.5 Å². The van der Waals surface area contributed by atoms with Crippen molar-refractivity contribution in [2.24, 2.45) is 0 Å². The molecule has 5 heteroatoms. The maximum absolute atomic E-state index is 11.8. The molecule has 0 bridgehead atoms. The number of amides is 2. The minimum atomic E-state index is -0.146. The third-order valence-corrected chi connectivity index (χ3v) is 3.53. The van der Waals surface area contributed by atoms with Crippen LogP contribution in [0.1, 0.15) is 44.2 Å². The first-order chi connectivity index (χ1) is 10.9. The van der Waals surface area contributed by atoms with Crippen molar-refractivity contribution in [3.05, 3.63) is 35.4 Å². The van der Waals surface area contributed by atoms with E-state index in [0.29, 0.717) is 19.0 Å². The molecule has 0 aliphatic rings. The third kappa shape index (κ3) is 7.79. The molecular formula is C18H29N3O2. The molecule has 1 aromatic carbocycles. The zero-order valence-electron chi connectivity index (χ0n) is 14.7. The second kappa shape index (κ2) is 10.0. The molecule has 23 heavy (non-hydrogen) atoms. The molecule has 0 unspecified atom stereocenters. The first-order valence-corrected chi connectivity index (χ1v) is 8.23. The quantitative estimate of drug-likeness (QED) is 0.730. The van der Waals surface area contributed by atoms with Gasteiger partial charge in [0.25, 0.3) is 0 Å². The summed E-state index contributed by atoms with van der Waals surface area (Å²) in [6.45, 7) is 7.98. The largest absolute Gasteiger partial charge is 0.355 e. The monoisotopic (exact) mass is 319 g/mol. The molecule has 0 atom stereocenters. The summed E-state index contributed by atoms with van der Waals surface area (Å²) < 4.78 is 0. The van der Waals surface area contributed by atoms with Gasteiger partial charge in [0.1, 0.15) is 0 Å². The number of nitrogens with zero attached hydrogens (tertiary/aromatic N) is 1. The van der Waals surface area contributed by atoms with Gasteiger partial charge < -0.3 is 10.6 Å². The lowest BCUT2D eigenvalue weighted by Crippen LogP contribution is -2.41. The average Bonchev–Trinajstić information content (AvgIpc) is 2.51. The molecule has 0 aliphatic heterocycles. The lowest BCUT2D eigenvalue weighted by atomic mass is 10.0. The molecule has 2 N–H and O–H groups in total. The molecule has 0 aliphatic carbocycles. The van der Waals surface area contributed by atoms with Crippen molar-refractivity contribution in [2.45, 2.75) is 39.7 Å². The number of benzene rings is 1. The molecule has 1 aromatic rings. The second-order valence-corrected chi connectivity index (χ2v) is 6.20. The van der Waals surface area contributed by atoms with Gasteiger partial charge in [-0.1, -0.05) is 45.0 Å². The summed E-state index contributed by atoms with van der Waals surface area (Å²) in [4.78, 5) is 25.2. The van der Waals surface area contributed by atoms with E-state index in [1.54, 1.807) is 0 Å². The average molecular weight is 319 g/mol.